The first-order valence-electron chi connectivity index (χ1n) is 7.27. The molecular weight excluding hydrogens is 234 g/mol. The average molecular weight is 257 g/mol. The van der Waals surface area contributed by atoms with Crippen LogP contribution in [0.1, 0.15) is 39.0 Å². The number of benzene rings is 2. The van der Waals surface area contributed by atoms with Gasteiger partial charge in [-0.25, -0.2) is 0 Å². The Morgan fingerprint density at radius 2 is 1.63 bits per heavy atom. The molecule has 2 nitrogen and oxygen atoms in total. The lowest BCUT2D eigenvalue weighted by Gasteiger charge is -2.10. The second-order valence-corrected chi connectivity index (χ2v) is 5.02. The van der Waals surface area contributed by atoms with Gasteiger partial charge in [0, 0.05) is 23.0 Å². The Morgan fingerprint density at radius 1 is 0.895 bits per heavy atom. The van der Waals surface area contributed by atoms with Gasteiger partial charge in [0.2, 0.25) is 0 Å². The van der Waals surface area contributed by atoms with Crippen LogP contribution >= 0.6 is 0 Å². The molecule has 0 saturated heterocycles. The molecule has 2 aromatic carbocycles. The van der Waals surface area contributed by atoms with Gasteiger partial charge < -0.3 is 10.4 Å². The van der Waals surface area contributed by atoms with E-state index >= 15 is 0 Å². The number of rotatable bonds is 7. The van der Waals surface area contributed by atoms with Gasteiger partial charge >= 0.3 is 0 Å². The van der Waals surface area contributed by atoms with Gasteiger partial charge in [-0.15, -0.1) is 0 Å². The van der Waals surface area contributed by atoms with Crippen LogP contribution in [0, 0.1) is 0 Å². The maximum Gasteiger partial charge on any atom is 0.123 e. The van der Waals surface area contributed by atoms with Crippen LogP contribution in [0.2, 0.25) is 0 Å². The van der Waals surface area contributed by atoms with Crippen molar-refractivity contribution in [1.82, 2.24) is 0 Å². The van der Waals surface area contributed by atoms with Crippen LogP contribution < -0.4 is 5.32 Å². The summed E-state index contributed by atoms with van der Waals surface area (Å²) in [5.74, 6) is 0.351. The average Bonchev–Trinajstić information content (AvgIpc) is 2.43. The summed E-state index contributed by atoms with van der Waals surface area (Å²) < 4.78 is 0. The molecule has 0 aliphatic heterocycles. The molecule has 2 N–H and O–H groups in total. The third-order valence-electron chi connectivity index (χ3n) is 3.49. The highest BCUT2D eigenvalue weighted by Crippen LogP contribution is 2.29. The van der Waals surface area contributed by atoms with Crippen LogP contribution in [0.5, 0.6) is 5.75 Å². The maximum absolute atomic E-state index is 9.84. The Hall–Kier alpha value is -1.70. The molecule has 0 heterocycles. The van der Waals surface area contributed by atoms with Crippen LogP contribution in [0.25, 0.3) is 10.8 Å². The molecule has 19 heavy (non-hydrogen) atoms. The molecule has 2 heteroatoms. The Kier molecular flexibility index (Phi) is 5.08. The van der Waals surface area contributed by atoms with Gasteiger partial charge in [-0.1, -0.05) is 56.9 Å². The van der Waals surface area contributed by atoms with Crippen molar-refractivity contribution < 1.29 is 5.11 Å². The predicted molar refractivity (Wildman–Crippen MR) is 82.9 cm³/mol. The highest BCUT2D eigenvalue weighted by molar-refractivity contribution is 5.97. The van der Waals surface area contributed by atoms with E-state index < -0.39 is 0 Å². The van der Waals surface area contributed by atoms with Crippen molar-refractivity contribution >= 4 is 16.5 Å². The van der Waals surface area contributed by atoms with E-state index in [1.165, 1.54) is 32.1 Å². The largest absolute Gasteiger partial charge is 0.507 e. The minimum absolute atomic E-state index is 0.351. The third-order valence-corrected chi connectivity index (χ3v) is 3.49. The van der Waals surface area contributed by atoms with Crippen LogP contribution in [0.3, 0.4) is 0 Å². The molecule has 0 aliphatic rings. The van der Waals surface area contributed by atoms with Gasteiger partial charge in [-0.3, -0.25) is 0 Å². The first-order valence-corrected chi connectivity index (χ1v) is 7.27. The smallest absolute Gasteiger partial charge is 0.123 e. The van der Waals surface area contributed by atoms with Crippen LogP contribution in [-0.4, -0.2) is 11.7 Å². The molecule has 0 aromatic heterocycles. The summed E-state index contributed by atoms with van der Waals surface area (Å²) in [6.45, 7) is 3.24. The summed E-state index contributed by atoms with van der Waals surface area (Å²) >= 11 is 0. The number of phenolic OH excluding ortho intramolecular Hbond substituents is 1. The number of hydrogen-bond donors (Lipinski definition) is 2. The summed E-state index contributed by atoms with van der Waals surface area (Å²) in [5, 5.41) is 15.3. The molecule has 0 atom stereocenters. The fourth-order valence-electron chi connectivity index (χ4n) is 2.40. The summed E-state index contributed by atoms with van der Waals surface area (Å²) in [4.78, 5) is 0. The highest BCUT2D eigenvalue weighted by atomic mass is 16.3. The van der Waals surface area contributed by atoms with Crippen molar-refractivity contribution in [2.24, 2.45) is 0 Å². The van der Waals surface area contributed by atoms with E-state index in [9.17, 15) is 5.11 Å². The number of unbranched alkanes of at least 4 members (excludes halogenated alkanes) is 4. The first kappa shape index (κ1) is 13.7. The summed E-state index contributed by atoms with van der Waals surface area (Å²) in [5.41, 5.74) is 1.11. The topological polar surface area (TPSA) is 32.3 Å². The lowest BCUT2D eigenvalue weighted by Crippen LogP contribution is -2.01. The molecule has 0 saturated carbocycles. The fraction of sp³-hybridized carbons (Fsp3) is 0.412. The zero-order valence-electron chi connectivity index (χ0n) is 11.7. The molecule has 2 aromatic rings. The van der Waals surface area contributed by atoms with Crippen molar-refractivity contribution in [3.05, 3.63) is 36.4 Å². The van der Waals surface area contributed by atoms with E-state index in [4.69, 9.17) is 0 Å². The Balaban J connectivity index is 1.95. The molecule has 0 aliphatic carbocycles. The van der Waals surface area contributed by atoms with Gasteiger partial charge in [0.15, 0.2) is 0 Å². The summed E-state index contributed by atoms with van der Waals surface area (Å²) in [6, 6.07) is 11.7. The Bertz CT molecular complexity index is 522. The van der Waals surface area contributed by atoms with E-state index in [0.717, 1.165) is 23.0 Å². The van der Waals surface area contributed by atoms with Crippen LogP contribution in [-0.2, 0) is 0 Å². The lowest BCUT2D eigenvalue weighted by atomic mass is 10.1. The molecule has 0 unspecified atom stereocenters. The number of phenols is 1. The van der Waals surface area contributed by atoms with E-state index in [0.29, 0.717) is 5.75 Å². The SMILES string of the molecule is CCCCCCCNc1cccc2c(O)cccc12. The molecule has 0 amide bonds. The minimum atomic E-state index is 0.351. The molecular formula is C17H23NO. The number of nitrogens with one attached hydrogen (secondary N) is 1. The van der Waals surface area contributed by atoms with Gasteiger partial charge in [0.1, 0.15) is 5.75 Å². The normalized spacial score (nSPS) is 10.8. The van der Waals surface area contributed by atoms with Gasteiger partial charge in [0.25, 0.3) is 0 Å². The highest BCUT2D eigenvalue weighted by Gasteiger charge is 2.03. The Labute approximate surface area is 115 Å². The summed E-state index contributed by atoms with van der Waals surface area (Å²) in [7, 11) is 0. The summed E-state index contributed by atoms with van der Waals surface area (Å²) in [6.07, 6.45) is 6.44. The molecule has 2 rings (SSSR count). The number of hydrogen-bond acceptors (Lipinski definition) is 2. The molecule has 0 spiro atoms. The van der Waals surface area contributed by atoms with Crippen molar-refractivity contribution in [1.29, 1.82) is 0 Å². The zero-order chi connectivity index (χ0) is 13.5. The second kappa shape index (κ2) is 7.03. The fourth-order valence-corrected chi connectivity index (χ4v) is 2.40. The molecule has 0 fully saturated rings. The standard InChI is InChI=1S/C17H23NO/c1-2-3-4-5-6-13-18-16-11-7-10-15-14(16)9-8-12-17(15)19/h7-12,18-19H,2-6,13H2,1H3. The molecule has 102 valence electrons. The number of aromatic hydroxyl groups is 1. The zero-order valence-corrected chi connectivity index (χ0v) is 11.7. The molecule has 0 bridgehead atoms. The van der Waals surface area contributed by atoms with Crippen molar-refractivity contribution in [2.75, 3.05) is 11.9 Å². The maximum atomic E-state index is 9.84. The first-order chi connectivity index (χ1) is 9.33. The Morgan fingerprint density at radius 3 is 2.47 bits per heavy atom. The number of anilines is 1. The van der Waals surface area contributed by atoms with Gasteiger partial charge in [-0.05, 0) is 18.6 Å². The van der Waals surface area contributed by atoms with Crippen LogP contribution in [0.15, 0.2) is 36.4 Å². The van der Waals surface area contributed by atoms with Gasteiger partial charge in [-0.2, -0.15) is 0 Å². The number of fused-ring (bicyclic) bond motifs is 1. The lowest BCUT2D eigenvalue weighted by molar-refractivity contribution is 0.481. The monoisotopic (exact) mass is 257 g/mol. The van der Waals surface area contributed by atoms with Crippen molar-refractivity contribution in [3.63, 3.8) is 0 Å². The van der Waals surface area contributed by atoms with Crippen LogP contribution in [0.4, 0.5) is 5.69 Å². The van der Waals surface area contributed by atoms with Crippen molar-refractivity contribution in [2.45, 2.75) is 39.0 Å². The predicted octanol–water partition coefficient (Wildman–Crippen LogP) is 4.93. The van der Waals surface area contributed by atoms with Crippen molar-refractivity contribution in [3.8, 4) is 5.75 Å². The quantitative estimate of drug-likeness (QED) is 0.689. The van der Waals surface area contributed by atoms with E-state index in [-0.39, 0.29) is 0 Å². The molecule has 0 radical (unpaired) electrons. The van der Waals surface area contributed by atoms with E-state index in [1.807, 2.05) is 18.2 Å². The third kappa shape index (κ3) is 3.63. The van der Waals surface area contributed by atoms with E-state index in [2.05, 4.69) is 24.4 Å². The van der Waals surface area contributed by atoms with Gasteiger partial charge in [0.05, 0.1) is 0 Å². The second-order valence-electron chi connectivity index (χ2n) is 5.02. The van der Waals surface area contributed by atoms with E-state index in [1.54, 1.807) is 6.07 Å². The minimum Gasteiger partial charge on any atom is -0.507 e.